The highest BCUT2D eigenvalue weighted by Crippen LogP contribution is 2.29. The van der Waals surface area contributed by atoms with Crippen molar-refractivity contribution in [1.82, 2.24) is 9.29 Å². The molecule has 0 N–H and O–H groups in total. The van der Waals surface area contributed by atoms with E-state index in [0.29, 0.717) is 29.3 Å². The highest BCUT2D eigenvalue weighted by atomic mass is 32.2. The lowest BCUT2D eigenvalue weighted by atomic mass is 9.93. The minimum Gasteiger partial charge on any atom is -0.292 e. The molecule has 0 aromatic carbocycles. The van der Waals surface area contributed by atoms with Crippen LogP contribution in [0.25, 0.3) is 0 Å². The number of rotatable bonds is 5. The zero-order valence-electron chi connectivity index (χ0n) is 13.5. The molecule has 0 aliphatic carbocycles. The zero-order valence-corrected chi connectivity index (χ0v) is 15.1. The van der Waals surface area contributed by atoms with Crippen molar-refractivity contribution in [3.63, 3.8) is 0 Å². The molecule has 0 radical (unpaired) electrons. The molecule has 7 heteroatoms. The number of sulfonamides is 1. The molecule has 1 saturated heterocycles. The predicted octanol–water partition coefficient (Wildman–Crippen LogP) is 2.99. The quantitative estimate of drug-likeness (QED) is 0.765. The van der Waals surface area contributed by atoms with Crippen LogP contribution in [0.3, 0.4) is 0 Å². The Morgan fingerprint density at radius 1 is 1.33 bits per heavy atom. The molecule has 128 valence electrons. The normalized spacial score (nSPS) is 19.3. The van der Waals surface area contributed by atoms with Gasteiger partial charge >= 0.3 is 0 Å². The van der Waals surface area contributed by atoms with Crippen LogP contribution in [-0.2, 0) is 16.4 Å². The molecule has 3 heterocycles. The van der Waals surface area contributed by atoms with E-state index >= 15 is 0 Å². The molecule has 2 aromatic rings. The monoisotopic (exact) mass is 364 g/mol. The number of thiophene rings is 1. The molecule has 24 heavy (non-hydrogen) atoms. The van der Waals surface area contributed by atoms with E-state index in [1.54, 1.807) is 30.5 Å². The Morgan fingerprint density at radius 3 is 2.83 bits per heavy atom. The molecule has 1 fully saturated rings. The van der Waals surface area contributed by atoms with Gasteiger partial charge in [-0.25, -0.2) is 8.42 Å². The fourth-order valence-corrected chi connectivity index (χ4v) is 5.88. The van der Waals surface area contributed by atoms with Crippen LogP contribution in [0.4, 0.5) is 0 Å². The first-order chi connectivity index (χ1) is 11.5. The van der Waals surface area contributed by atoms with Gasteiger partial charge < -0.3 is 0 Å². The van der Waals surface area contributed by atoms with Crippen molar-refractivity contribution in [2.24, 2.45) is 5.92 Å². The first kappa shape index (κ1) is 17.3. The van der Waals surface area contributed by atoms with Gasteiger partial charge in [0, 0.05) is 30.1 Å². The zero-order chi connectivity index (χ0) is 17.2. The van der Waals surface area contributed by atoms with Gasteiger partial charge in [-0.05, 0) is 43.5 Å². The number of pyridine rings is 1. The minimum absolute atomic E-state index is 0.0732. The van der Waals surface area contributed by atoms with Crippen molar-refractivity contribution in [1.29, 1.82) is 0 Å². The van der Waals surface area contributed by atoms with Crippen LogP contribution in [0.1, 0.15) is 35.1 Å². The third kappa shape index (κ3) is 3.43. The number of aromatic nitrogens is 1. The lowest BCUT2D eigenvalue weighted by Crippen LogP contribution is -2.42. The molecular weight excluding hydrogens is 344 g/mol. The van der Waals surface area contributed by atoms with Crippen molar-refractivity contribution in [2.45, 2.75) is 30.4 Å². The molecule has 0 spiro atoms. The Balaban J connectivity index is 1.79. The molecule has 0 saturated carbocycles. The Labute approximate surface area is 146 Å². The number of aryl methyl sites for hydroxylation is 1. The standard InChI is InChI=1S/C17H20N2O3S2/c1-2-14-8-9-16(23-14)24(21,22)19-11-5-6-13(12-19)17(20)15-7-3-4-10-18-15/h3-4,7-10,13H,2,5-6,11-12H2,1H3. The van der Waals surface area contributed by atoms with E-state index in [1.165, 1.54) is 15.6 Å². The Bertz CT molecular complexity index is 815. The Kier molecular flexibility index (Phi) is 5.12. The molecule has 0 bridgehead atoms. The summed E-state index contributed by atoms with van der Waals surface area (Å²) >= 11 is 1.31. The summed E-state index contributed by atoms with van der Waals surface area (Å²) < 4.78 is 27.5. The average molecular weight is 364 g/mol. The molecule has 1 unspecified atom stereocenters. The second-order valence-electron chi connectivity index (χ2n) is 5.86. The maximum Gasteiger partial charge on any atom is 0.252 e. The summed E-state index contributed by atoms with van der Waals surface area (Å²) in [6.07, 6.45) is 3.80. The van der Waals surface area contributed by atoms with Gasteiger partial charge in [-0.3, -0.25) is 9.78 Å². The number of hydrogen-bond acceptors (Lipinski definition) is 5. The minimum atomic E-state index is -3.52. The number of piperidine rings is 1. The van der Waals surface area contributed by atoms with Crippen molar-refractivity contribution in [3.05, 3.63) is 47.1 Å². The molecule has 0 amide bonds. The predicted molar refractivity (Wildman–Crippen MR) is 93.7 cm³/mol. The van der Waals surface area contributed by atoms with Gasteiger partial charge in [-0.15, -0.1) is 11.3 Å². The van der Waals surface area contributed by atoms with Gasteiger partial charge in [0.25, 0.3) is 10.0 Å². The second kappa shape index (κ2) is 7.13. The van der Waals surface area contributed by atoms with E-state index in [4.69, 9.17) is 0 Å². The smallest absolute Gasteiger partial charge is 0.252 e. The van der Waals surface area contributed by atoms with Crippen molar-refractivity contribution in [3.8, 4) is 0 Å². The van der Waals surface area contributed by atoms with Gasteiger partial charge in [0.15, 0.2) is 5.78 Å². The van der Waals surface area contributed by atoms with E-state index < -0.39 is 10.0 Å². The maximum absolute atomic E-state index is 12.8. The molecular formula is C17H20N2O3S2. The molecule has 2 aromatic heterocycles. The van der Waals surface area contributed by atoms with Crippen LogP contribution >= 0.6 is 11.3 Å². The van der Waals surface area contributed by atoms with E-state index in [1.807, 2.05) is 13.0 Å². The van der Waals surface area contributed by atoms with Crippen molar-refractivity contribution < 1.29 is 13.2 Å². The Morgan fingerprint density at radius 2 is 2.17 bits per heavy atom. The lowest BCUT2D eigenvalue weighted by molar-refractivity contribution is 0.0867. The SMILES string of the molecule is CCc1ccc(S(=O)(=O)N2CCCC(C(=O)c3ccccn3)C2)s1. The summed E-state index contributed by atoms with van der Waals surface area (Å²) in [5.74, 6) is -0.398. The summed E-state index contributed by atoms with van der Waals surface area (Å²) in [6, 6.07) is 8.75. The van der Waals surface area contributed by atoms with Gasteiger partial charge in [0.2, 0.25) is 0 Å². The summed E-state index contributed by atoms with van der Waals surface area (Å²) in [4.78, 5) is 17.7. The van der Waals surface area contributed by atoms with Crippen LogP contribution in [0.15, 0.2) is 40.7 Å². The summed E-state index contributed by atoms with van der Waals surface area (Å²) in [5.41, 5.74) is 0.408. The number of hydrogen-bond donors (Lipinski definition) is 0. The van der Waals surface area contributed by atoms with Crippen LogP contribution in [0, 0.1) is 5.92 Å². The first-order valence-corrected chi connectivity index (χ1v) is 10.3. The highest BCUT2D eigenvalue weighted by molar-refractivity contribution is 7.91. The van der Waals surface area contributed by atoms with Gasteiger partial charge in [-0.1, -0.05) is 13.0 Å². The van der Waals surface area contributed by atoms with E-state index in [0.717, 1.165) is 11.3 Å². The number of Topliss-reactive ketones (excluding diaryl/α,β-unsaturated/α-hetero) is 1. The molecule has 5 nitrogen and oxygen atoms in total. The fraction of sp³-hybridized carbons (Fsp3) is 0.412. The van der Waals surface area contributed by atoms with Crippen LogP contribution in [0.2, 0.25) is 0 Å². The van der Waals surface area contributed by atoms with Crippen LogP contribution in [0.5, 0.6) is 0 Å². The van der Waals surface area contributed by atoms with Gasteiger partial charge in [-0.2, -0.15) is 4.31 Å². The van der Waals surface area contributed by atoms with E-state index in [2.05, 4.69) is 4.98 Å². The van der Waals surface area contributed by atoms with Gasteiger partial charge in [0.05, 0.1) is 0 Å². The third-order valence-electron chi connectivity index (χ3n) is 4.25. The van der Waals surface area contributed by atoms with Crippen LogP contribution in [-0.4, -0.2) is 36.6 Å². The van der Waals surface area contributed by atoms with Crippen LogP contribution < -0.4 is 0 Å². The van der Waals surface area contributed by atoms with Gasteiger partial charge in [0.1, 0.15) is 9.90 Å². The summed E-state index contributed by atoms with van der Waals surface area (Å²) in [5, 5.41) is 0. The lowest BCUT2D eigenvalue weighted by Gasteiger charge is -2.30. The number of ketones is 1. The summed E-state index contributed by atoms with van der Waals surface area (Å²) in [6.45, 7) is 2.70. The average Bonchev–Trinajstić information content (AvgIpc) is 3.12. The van der Waals surface area contributed by atoms with E-state index in [9.17, 15) is 13.2 Å². The molecule has 3 rings (SSSR count). The fourth-order valence-electron chi connectivity index (χ4n) is 2.91. The maximum atomic E-state index is 12.8. The first-order valence-electron chi connectivity index (χ1n) is 8.06. The largest absolute Gasteiger partial charge is 0.292 e. The van der Waals surface area contributed by atoms with E-state index in [-0.39, 0.29) is 18.2 Å². The molecule has 1 aliphatic heterocycles. The molecule has 1 aliphatic rings. The highest BCUT2D eigenvalue weighted by Gasteiger charge is 2.34. The Hall–Kier alpha value is -1.57. The second-order valence-corrected chi connectivity index (χ2v) is 9.19. The number of carbonyl (C=O) groups excluding carboxylic acids is 1. The number of carbonyl (C=O) groups is 1. The van der Waals surface area contributed by atoms with Crippen molar-refractivity contribution in [2.75, 3.05) is 13.1 Å². The van der Waals surface area contributed by atoms with Crippen molar-refractivity contribution >= 4 is 27.1 Å². The third-order valence-corrected chi connectivity index (χ3v) is 7.81. The number of nitrogens with zero attached hydrogens (tertiary/aromatic N) is 2. The topological polar surface area (TPSA) is 67.3 Å². The summed E-state index contributed by atoms with van der Waals surface area (Å²) in [7, 11) is -3.52. The molecule has 1 atom stereocenters.